The first kappa shape index (κ1) is 27.6. The van der Waals surface area contributed by atoms with Crippen molar-refractivity contribution in [3.63, 3.8) is 0 Å². The molecule has 0 bridgehead atoms. The third-order valence-corrected chi connectivity index (χ3v) is 8.70. The molecule has 3 heterocycles. The number of ketones is 1. The van der Waals surface area contributed by atoms with Crippen molar-refractivity contribution in [2.45, 2.75) is 19.3 Å². The van der Waals surface area contributed by atoms with Gasteiger partial charge in [-0.3, -0.25) is 14.4 Å². The number of aryl methyl sites for hydroxylation is 1. The number of hydrogen-bond acceptors (Lipinski definition) is 7. The van der Waals surface area contributed by atoms with E-state index in [0.29, 0.717) is 28.3 Å². The Bertz CT molecular complexity index is 2000. The van der Waals surface area contributed by atoms with Crippen molar-refractivity contribution in [3.05, 3.63) is 78.0 Å². The first-order chi connectivity index (χ1) is 21.5. The molecule has 2 aliphatic rings. The third-order valence-electron chi connectivity index (χ3n) is 8.70. The number of rotatable bonds is 7. The van der Waals surface area contributed by atoms with Crippen LogP contribution in [-0.2, 0) is 11.8 Å². The van der Waals surface area contributed by atoms with Crippen LogP contribution in [0.5, 0.6) is 11.5 Å². The number of hydrogen-bond donors (Lipinski definition) is 0. The third kappa shape index (κ3) is 4.65. The van der Waals surface area contributed by atoms with Crippen LogP contribution < -0.4 is 9.47 Å². The summed E-state index contributed by atoms with van der Waals surface area (Å²) < 4.78 is 20.8. The predicted molar refractivity (Wildman–Crippen MR) is 170 cm³/mol. The highest BCUT2D eigenvalue weighted by Gasteiger charge is 2.35. The van der Waals surface area contributed by atoms with Gasteiger partial charge in [0.25, 0.3) is 0 Å². The number of carbonyl (C=O) groups is 2. The van der Waals surface area contributed by atoms with Gasteiger partial charge >= 0.3 is 5.97 Å². The summed E-state index contributed by atoms with van der Waals surface area (Å²) in [5.74, 6) is 1.61. The van der Waals surface area contributed by atoms with Gasteiger partial charge in [-0.25, -0.2) is 9.78 Å². The minimum Gasteiger partial charge on any atom is -0.493 e. The van der Waals surface area contributed by atoms with Crippen LogP contribution in [0.15, 0.2) is 71.9 Å². The summed E-state index contributed by atoms with van der Waals surface area (Å²) in [4.78, 5) is 35.3. The van der Waals surface area contributed by atoms with Gasteiger partial charge < -0.3 is 18.8 Å². The van der Waals surface area contributed by atoms with Gasteiger partial charge in [-0.2, -0.15) is 0 Å². The Morgan fingerprint density at radius 2 is 1.89 bits per heavy atom. The molecule has 5 aromatic rings. The van der Waals surface area contributed by atoms with Gasteiger partial charge in [0.1, 0.15) is 12.4 Å². The minimum atomic E-state index is -0.418. The molecule has 44 heavy (non-hydrogen) atoms. The van der Waals surface area contributed by atoms with E-state index in [2.05, 4.69) is 27.9 Å². The number of para-hydroxylation sites is 1. The lowest BCUT2D eigenvalue weighted by Crippen LogP contribution is -2.18. The maximum absolute atomic E-state index is 13.3. The summed E-state index contributed by atoms with van der Waals surface area (Å²) in [6.45, 7) is 0.212. The molecule has 1 aliphatic carbocycles. The Hall–Kier alpha value is -5.18. The second kappa shape index (κ2) is 11.1. The molecule has 1 aliphatic heterocycles. The summed E-state index contributed by atoms with van der Waals surface area (Å²) in [6.07, 6.45) is 10.7. The van der Waals surface area contributed by atoms with Gasteiger partial charge in [0, 0.05) is 65.6 Å². The highest BCUT2D eigenvalue weighted by atomic mass is 16.5. The van der Waals surface area contributed by atoms with Crippen LogP contribution in [-0.4, -0.2) is 52.9 Å². The van der Waals surface area contributed by atoms with Crippen LogP contribution in [0.2, 0.25) is 0 Å². The molecule has 9 heteroatoms. The SMILES string of the molecule is COC(=O)c1ccc2nc(-c3cn(C)c4ccccc34)n(/C=C/COc3cc4c(cc3OC)C(=O)C3CCC[C@H]3C=N4)c2c1. The van der Waals surface area contributed by atoms with Crippen molar-refractivity contribution >= 4 is 51.8 Å². The van der Waals surface area contributed by atoms with Gasteiger partial charge in [-0.15, -0.1) is 0 Å². The normalized spacial score (nSPS) is 17.7. The maximum Gasteiger partial charge on any atom is 0.337 e. The van der Waals surface area contributed by atoms with E-state index in [1.54, 1.807) is 31.4 Å². The topological polar surface area (TPSA) is 96.9 Å². The van der Waals surface area contributed by atoms with Gasteiger partial charge in [-0.05, 0) is 49.2 Å². The zero-order valence-corrected chi connectivity index (χ0v) is 24.8. The molecule has 0 radical (unpaired) electrons. The lowest BCUT2D eigenvalue weighted by atomic mass is 9.89. The molecule has 7 rings (SSSR count). The van der Waals surface area contributed by atoms with Crippen molar-refractivity contribution in [3.8, 4) is 22.9 Å². The standard InChI is InChI=1S/C35H32N4O5/c1-38-20-26(24-9-4-5-11-29(24)38)34-37-27-13-12-21(35(41)43-3)16-30(27)39(34)14-7-15-44-32-18-28-25(17-31(32)42-2)33(40)23-10-6-8-22(23)19-36-28/h4-5,7,9,11-14,16-20,22-23H,6,8,10,15H2,1-3H3/b14-7+/t22-,23?/m0/s1. The quantitative estimate of drug-likeness (QED) is 0.193. The van der Waals surface area contributed by atoms with Crippen molar-refractivity contribution < 1.29 is 23.8 Å². The van der Waals surface area contributed by atoms with Gasteiger partial charge in [0.2, 0.25) is 0 Å². The van der Waals surface area contributed by atoms with E-state index in [0.717, 1.165) is 52.6 Å². The smallest absolute Gasteiger partial charge is 0.337 e. The Labute approximate surface area is 254 Å². The first-order valence-corrected chi connectivity index (χ1v) is 14.7. The second-order valence-corrected chi connectivity index (χ2v) is 11.2. The molecular weight excluding hydrogens is 556 g/mol. The number of carbonyl (C=O) groups excluding carboxylic acids is 2. The minimum absolute atomic E-state index is 0.0139. The molecule has 2 atom stereocenters. The summed E-state index contributed by atoms with van der Waals surface area (Å²) in [6, 6.07) is 17.0. The molecule has 9 nitrogen and oxygen atoms in total. The zero-order chi connectivity index (χ0) is 30.4. The lowest BCUT2D eigenvalue weighted by Gasteiger charge is -2.15. The van der Waals surface area contributed by atoms with Crippen LogP contribution in [0.4, 0.5) is 5.69 Å². The number of aliphatic imine (C=N–C) groups is 1. The fraction of sp³-hybridized carbons (Fsp3) is 0.257. The van der Waals surface area contributed by atoms with Crippen molar-refractivity contribution in [1.82, 2.24) is 14.1 Å². The molecule has 0 amide bonds. The van der Waals surface area contributed by atoms with E-state index in [-0.39, 0.29) is 24.2 Å². The summed E-state index contributed by atoms with van der Waals surface area (Å²) in [7, 11) is 4.95. The Morgan fingerprint density at radius 1 is 1.02 bits per heavy atom. The Kier molecular flexibility index (Phi) is 7.00. The maximum atomic E-state index is 13.3. The fourth-order valence-corrected chi connectivity index (χ4v) is 6.48. The van der Waals surface area contributed by atoms with E-state index >= 15 is 0 Å². The number of nitrogens with zero attached hydrogens (tertiary/aromatic N) is 4. The monoisotopic (exact) mass is 588 g/mol. The fourth-order valence-electron chi connectivity index (χ4n) is 6.48. The van der Waals surface area contributed by atoms with E-state index < -0.39 is 5.97 Å². The second-order valence-electron chi connectivity index (χ2n) is 11.2. The first-order valence-electron chi connectivity index (χ1n) is 14.7. The van der Waals surface area contributed by atoms with Gasteiger partial charge in [-0.1, -0.05) is 24.6 Å². The largest absolute Gasteiger partial charge is 0.493 e. The van der Waals surface area contributed by atoms with E-state index in [9.17, 15) is 9.59 Å². The van der Waals surface area contributed by atoms with Crippen LogP contribution in [0.1, 0.15) is 40.0 Å². The molecule has 1 saturated carbocycles. The van der Waals surface area contributed by atoms with Crippen molar-refractivity contribution in [1.29, 1.82) is 0 Å². The number of benzene rings is 3. The highest BCUT2D eigenvalue weighted by molar-refractivity contribution is 6.06. The van der Waals surface area contributed by atoms with E-state index in [1.807, 2.05) is 48.3 Å². The summed E-state index contributed by atoms with van der Waals surface area (Å²) in [5.41, 5.74) is 5.18. The number of ether oxygens (including phenoxy) is 3. The van der Waals surface area contributed by atoms with E-state index in [1.165, 1.54) is 7.11 Å². The number of Topliss-reactive ketones (excluding diaryl/α,β-unsaturated/α-hetero) is 1. The number of fused-ring (bicyclic) bond motifs is 4. The number of imidazole rings is 1. The average Bonchev–Trinajstić information content (AvgIpc) is 3.74. The molecule has 1 fully saturated rings. The lowest BCUT2D eigenvalue weighted by molar-refractivity contribution is 0.0600. The summed E-state index contributed by atoms with van der Waals surface area (Å²) >= 11 is 0. The molecular formula is C35H32N4O5. The molecule has 1 unspecified atom stereocenters. The number of esters is 1. The van der Waals surface area contributed by atoms with Crippen LogP contribution >= 0.6 is 0 Å². The summed E-state index contributed by atoms with van der Waals surface area (Å²) in [5, 5.41) is 1.07. The van der Waals surface area contributed by atoms with Crippen molar-refractivity contribution in [2.75, 3.05) is 20.8 Å². The average molecular weight is 589 g/mol. The van der Waals surface area contributed by atoms with Crippen LogP contribution in [0.25, 0.3) is 39.5 Å². The van der Waals surface area contributed by atoms with Crippen LogP contribution in [0, 0.1) is 11.8 Å². The van der Waals surface area contributed by atoms with Gasteiger partial charge in [0.05, 0.1) is 36.5 Å². The zero-order valence-electron chi connectivity index (χ0n) is 24.8. The number of methoxy groups -OCH3 is 2. The molecule has 0 saturated heterocycles. The Balaban J connectivity index is 1.24. The van der Waals surface area contributed by atoms with Crippen molar-refractivity contribution in [2.24, 2.45) is 23.9 Å². The van der Waals surface area contributed by atoms with Gasteiger partial charge in [0.15, 0.2) is 17.3 Å². The molecule has 0 N–H and O–H groups in total. The van der Waals surface area contributed by atoms with Crippen LogP contribution in [0.3, 0.4) is 0 Å². The van der Waals surface area contributed by atoms with E-state index in [4.69, 9.17) is 19.2 Å². The molecule has 3 aromatic carbocycles. The molecule has 2 aromatic heterocycles. The molecule has 0 spiro atoms. The number of aromatic nitrogens is 3. The Morgan fingerprint density at radius 3 is 2.73 bits per heavy atom. The highest BCUT2D eigenvalue weighted by Crippen LogP contribution is 2.42. The molecule has 222 valence electrons. The predicted octanol–water partition coefficient (Wildman–Crippen LogP) is 6.85.